The molecule has 41 heavy (non-hydrogen) atoms. The van der Waals surface area contributed by atoms with Crippen LogP contribution in [0.1, 0.15) is 37.9 Å². The molecule has 3 aromatic heterocycles. The largest absolute Gasteiger partial charge is 0.494 e. The van der Waals surface area contributed by atoms with E-state index in [0.29, 0.717) is 35.7 Å². The molecule has 210 valence electrons. The average Bonchev–Trinajstić information content (AvgIpc) is 3.63. The van der Waals surface area contributed by atoms with Gasteiger partial charge in [-0.3, -0.25) is 4.98 Å². The Kier molecular flexibility index (Phi) is 6.75. The van der Waals surface area contributed by atoms with Crippen molar-refractivity contribution >= 4 is 10.9 Å². The molecule has 0 spiro atoms. The van der Waals surface area contributed by atoms with Gasteiger partial charge in [-0.1, -0.05) is 11.3 Å². The van der Waals surface area contributed by atoms with Gasteiger partial charge in [-0.15, -0.1) is 5.10 Å². The fraction of sp³-hybridized carbons (Fsp3) is 0.290. The molecule has 1 unspecified atom stereocenters. The summed E-state index contributed by atoms with van der Waals surface area (Å²) in [5.74, 6) is -0.471. The van der Waals surface area contributed by atoms with Crippen LogP contribution in [-0.2, 0) is 22.5 Å². The Morgan fingerprint density at radius 2 is 1.90 bits per heavy atom. The number of hydrogen-bond acceptors (Lipinski definition) is 7. The molecule has 0 bridgehead atoms. The minimum atomic E-state index is -1.50. The standard InChI is InChI=1S/C31H29F2N5O3/c1-30(2,39)23-16-26(35-29(27(23)33)19-7-9-22(32)10-8-19)31(11-5-13-41-31)18-38-17-24(36-37-38)21-14-20-6-4-12-34-28(20)25(15-21)40-3/h4,6-10,12,14-17,39H,5,11,13,18H2,1-3H3. The van der Waals surface area contributed by atoms with Crippen molar-refractivity contribution in [3.8, 4) is 28.3 Å². The summed E-state index contributed by atoms with van der Waals surface area (Å²) in [5, 5.41) is 20.6. The van der Waals surface area contributed by atoms with E-state index in [2.05, 4.69) is 15.3 Å². The third-order valence-electron chi connectivity index (χ3n) is 7.45. The molecule has 0 saturated carbocycles. The SMILES string of the molecule is COc1cc(-c2cn(CC3(c4cc(C(C)(C)O)c(F)c(-c5ccc(F)cc5)n4)CCCO3)nn2)cc2cccnc12. The minimum absolute atomic E-state index is 0.0191. The maximum atomic E-state index is 15.7. The predicted molar refractivity (Wildman–Crippen MR) is 149 cm³/mol. The lowest BCUT2D eigenvalue weighted by atomic mass is 9.89. The van der Waals surface area contributed by atoms with Crippen molar-refractivity contribution in [2.24, 2.45) is 0 Å². The van der Waals surface area contributed by atoms with Gasteiger partial charge in [-0.2, -0.15) is 0 Å². The lowest BCUT2D eigenvalue weighted by molar-refractivity contribution is -0.0212. The van der Waals surface area contributed by atoms with Crippen molar-refractivity contribution in [3.05, 3.63) is 89.9 Å². The van der Waals surface area contributed by atoms with Gasteiger partial charge < -0.3 is 14.6 Å². The van der Waals surface area contributed by atoms with Crippen molar-refractivity contribution in [3.63, 3.8) is 0 Å². The number of aliphatic hydroxyl groups is 1. The normalized spacial score (nSPS) is 17.3. The summed E-state index contributed by atoms with van der Waals surface area (Å²) >= 11 is 0. The van der Waals surface area contributed by atoms with Gasteiger partial charge in [0.1, 0.15) is 34.1 Å². The summed E-state index contributed by atoms with van der Waals surface area (Å²) in [7, 11) is 1.60. The van der Waals surface area contributed by atoms with Crippen molar-refractivity contribution in [2.75, 3.05) is 13.7 Å². The number of methoxy groups -OCH3 is 1. The molecule has 8 nitrogen and oxygen atoms in total. The van der Waals surface area contributed by atoms with Crippen LogP contribution in [0.4, 0.5) is 8.78 Å². The number of aromatic nitrogens is 5. The van der Waals surface area contributed by atoms with Crippen molar-refractivity contribution in [1.82, 2.24) is 25.0 Å². The van der Waals surface area contributed by atoms with E-state index in [0.717, 1.165) is 22.9 Å². The number of benzene rings is 2. The molecular formula is C31H29F2N5O3. The van der Waals surface area contributed by atoms with E-state index in [1.54, 1.807) is 24.1 Å². The Hall–Kier alpha value is -4.28. The summed E-state index contributed by atoms with van der Waals surface area (Å²) in [6.07, 6.45) is 4.90. The quantitative estimate of drug-likeness (QED) is 0.271. The van der Waals surface area contributed by atoms with Crippen molar-refractivity contribution in [1.29, 1.82) is 0 Å². The monoisotopic (exact) mass is 557 g/mol. The molecule has 4 heterocycles. The number of nitrogens with zero attached hydrogens (tertiary/aromatic N) is 5. The molecular weight excluding hydrogens is 528 g/mol. The zero-order chi connectivity index (χ0) is 28.8. The summed E-state index contributed by atoms with van der Waals surface area (Å²) in [6, 6.07) is 14.7. The fourth-order valence-electron chi connectivity index (χ4n) is 5.34. The molecule has 0 aliphatic carbocycles. The highest BCUT2D eigenvalue weighted by atomic mass is 19.1. The first kappa shape index (κ1) is 26.9. The molecule has 6 rings (SSSR count). The van der Waals surface area contributed by atoms with E-state index in [1.807, 2.05) is 30.5 Å². The molecule has 5 aromatic rings. The third-order valence-corrected chi connectivity index (χ3v) is 7.45. The topological polar surface area (TPSA) is 95.2 Å². The third kappa shape index (κ3) is 5.05. The van der Waals surface area contributed by atoms with Crippen LogP contribution >= 0.6 is 0 Å². The second-order valence-electron chi connectivity index (χ2n) is 10.8. The van der Waals surface area contributed by atoms with Crippen molar-refractivity contribution < 1.29 is 23.4 Å². The molecule has 1 N–H and O–H groups in total. The molecule has 1 fully saturated rings. The smallest absolute Gasteiger partial charge is 0.155 e. The Labute approximate surface area is 235 Å². The highest BCUT2D eigenvalue weighted by Gasteiger charge is 2.41. The van der Waals surface area contributed by atoms with Gasteiger partial charge in [0.05, 0.1) is 31.1 Å². The first-order chi connectivity index (χ1) is 19.7. The van der Waals surface area contributed by atoms with E-state index in [4.69, 9.17) is 14.5 Å². The minimum Gasteiger partial charge on any atom is -0.494 e. The van der Waals surface area contributed by atoms with Gasteiger partial charge in [0.2, 0.25) is 0 Å². The molecule has 0 amide bonds. The zero-order valence-electron chi connectivity index (χ0n) is 22.9. The second kappa shape index (κ2) is 10.3. The molecule has 1 aliphatic heterocycles. The van der Waals surface area contributed by atoms with Crippen LogP contribution in [0.2, 0.25) is 0 Å². The lowest BCUT2D eigenvalue weighted by Gasteiger charge is -2.30. The van der Waals surface area contributed by atoms with Gasteiger partial charge in [0, 0.05) is 34.9 Å². The van der Waals surface area contributed by atoms with Crippen LogP contribution in [-0.4, -0.2) is 43.8 Å². The Morgan fingerprint density at radius 1 is 1.10 bits per heavy atom. The fourth-order valence-corrected chi connectivity index (χ4v) is 5.34. The zero-order valence-corrected chi connectivity index (χ0v) is 22.9. The molecule has 0 radical (unpaired) electrons. The first-order valence-corrected chi connectivity index (χ1v) is 13.3. The van der Waals surface area contributed by atoms with Crippen molar-refractivity contribution in [2.45, 2.75) is 44.4 Å². The molecule has 1 aliphatic rings. The average molecular weight is 558 g/mol. The van der Waals surface area contributed by atoms with Gasteiger partial charge >= 0.3 is 0 Å². The van der Waals surface area contributed by atoms with E-state index in [1.165, 1.54) is 38.1 Å². The van der Waals surface area contributed by atoms with Crippen LogP contribution < -0.4 is 4.74 Å². The number of rotatable bonds is 7. The lowest BCUT2D eigenvalue weighted by Crippen LogP contribution is -2.33. The Balaban J connectivity index is 1.41. The van der Waals surface area contributed by atoms with E-state index < -0.39 is 22.8 Å². The van der Waals surface area contributed by atoms with Gasteiger partial charge in [0.25, 0.3) is 0 Å². The van der Waals surface area contributed by atoms with Crippen LogP contribution in [0.5, 0.6) is 5.75 Å². The highest BCUT2D eigenvalue weighted by molar-refractivity contribution is 5.89. The first-order valence-electron chi connectivity index (χ1n) is 13.3. The highest BCUT2D eigenvalue weighted by Crippen LogP contribution is 2.41. The molecule has 10 heteroatoms. The number of pyridine rings is 2. The van der Waals surface area contributed by atoms with E-state index in [9.17, 15) is 9.50 Å². The maximum Gasteiger partial charge on any atom is 0.155 e. The molecule has 2 aromatic carbocycles. The Bertz CT molecular complexity index is 1720. The summed E-state index contributed by atoms with van der Waals surface area (Å²) in [4.78, 5) is 9.11. The predicted octanol–water partition coefficient (Wildman–Crippen LogP) is 5.78. The van der Waals surface area contributed by atoms with Crippen LogP contribution in [0, 0.1) is 11.6 Å². The van der Waals surface area contributed by atoms with Crippen LogP contribution in [0.3, 0.4) is 0 Å². The summed E-state index contributed by atoms with van der Waals surface area (Å²) in [6.45, 7) is 3.78. The van der Waals surface area contributed by atoms with E-state index >= 15 is 4.39 Å². The summed E-state index contributed by atoms with van der Waals surface area (Å²) < 4.78 is 42.9. The van der Waals surface area contributed by atoms with Gasteiger partial charge in [-0.05, 0) is 75.2 Å². The Morgan fingerprint density at radius 3 is 2.61 bits per heavy atom. The second-order valence-corrected chi connectivity index (χ2v) is 10.8. The van der Waals surface area contributed by atoms with Gasteiger partial charge in [0.15, 0.2) is 5.82 Å². The maximum absolute atomic E-state index is 15.7. The van der Waals surface area contributed by atoms with E-state index in [-0.39, 0.29) is 17.8 Å². The number of ether oxygens (including phenoxy) is 2. The number of fused-ring (bicyclic) bond motifs is 1. The van der Waals surface area contributed by atoms with Crippen LogP contribution in [0.15, 0.2) is 67.0 Å². The number of halogens is 2. The van der Waals surface area contributed by atoms with Crippen LogP contribution in [0.25, 0.3) is 33.4 Å². The summed E-state index contributed by atoms with van der Waals surface area (Å²) in [5.41, 5.74) is 0.718. The van der Waals surface area contributed by atoms with Gasteiger partial charge in [-0.25, -0.2) is 18.4 Å². The molecule has 1 atom stereocenters. The number of hydrogen-bond donors (Lipinski definition) is 1. The molecule has 1 saturated heterocycles.